The van der Waals surface area contributed by atoms with Gasteiger partial charge >= 0.3 is 7.60 Å². The fraction of sp³-hybridized carbons (Fsp3) is 0.550. The molecule has 1 unspecified atom stereocenters. The molecule has 0 aliphatic heterocycles. The number of unbranched alkanes of at least 4 members (excludes halogenated alkanes) is 1. The van der Waals surface area contributed by atoms with Gasteiger partial charge in [0.1, 0.15) is 12.4 Å². The van der Waals surface area contributed by atoms with Gasteiger partial charge in [0.2, 0.25) is 0 Å². The van der Waals surface area contributed by atoms with Crippen molar-refractivity contribution >= 4 is 7.60 Å². The van der Waals surface area contributed by atoms with Gasteiger partial charge in [-0.15, -0.1) is 0 Å². The zero-order chi connectivity index (χ0) is 34.4. The Labute approximate surface area is 277 Å². The van der Waals surface area contributed by atoms with Crippen molar-refractivity contribution in [3.05, 3.63) is 94.3 Å². The van der Waals surface area contributed by atoms with Crippen molar-refractivity contribution in [2.75, 3.05) is 19.4 Å². The van der Waals surface area contributed by atoms with Crippen LogP contribution in [0.5, 0.6) is 0 Å². The van der Waals surface area contributed by atoms with Crippen LogP contribution >= 0.6 is 7.60 Å². The molecule has 3 rings (SSSR count). The number of rotatable bonds is 14. The minimum Gasteiger partial charge on any atom is -0.490 e. The zero-order valence-electron chi connectivity index (χ0n) is 30.8. The number of ether oxygens (including phenoxy) is 1. The molecule has 1 saturated carbocycles. The molecule has 2 aromatic carbocycles. The third-order valence-corrected chi connectivity index (χ3v) is 9.43. The van der Waals surface area contributed by atoms with E-state index in [1.165, 1.54) is 39.0 Å². The quantitative estimate of drug-likeness (QED) is 0.117. The summed E-state index contributed by atoms with van der Waals surface area (Å²) in [7, 11) is -2.96. The Kier molecular flexibility index (Phi) is 22.6. The molecule has 0 aromatic heterocycles. The van der Waals surface area contributed by atoms with E-state index in [9.17, 15) is 4.57 Å². The summed E-state index contributed by atoms with van der Waals surface area (Å²) in [6.07, 6.45) is 9.73. The molecule has 1 atom stereocenters. The van der Waals surface area contributed by atoms with Gasteiger partial charge in [-0.3, -0.25) is 4.57 Å². The van der Waals surface area contributed by atoms with Gasteiger partial charge in [0.05, 0.1) is 19.4 Å². The first-order valence-corrected chi connectivity index (χ1v) is 19.2. The molecule has 2 aromatic rings. The molecule has 0 N–H and O–H groups in total. The van der Waals surface area contributed by atoms with Gasteiger partial charge in [-0.1, -0.05) is 91.5 Å². The van der Waals surface area contributed by atoms with Crippen molar-refractivity contribution in [2.24, 2.45) is 5.92 Å². The summed E-state index contributed by atoms with van der Waals surface area (Å²) < 4.78 is 29.6. The van der Waals surface area contributed by atoms with Crippen LogP contribution in [0.25, 0.3) is 11.1 Å². The summed E-state index contributed by atoms with van der Waals surface area (Å²) in [6, 6.07) is 13.2. The predicted molar refractivity (Wildman–Crippen MR) is 198 cm³/mol. The fourth-order valence-corrected chi connectivity index (χ4v) is 7.35. The second-order valence-electron chi connectivity index (χ2n) is 10.7. The lowest BCUT2D eigenvalue weighted by atomic mass is 9.91. The molecule has 0 amide bonds. The van der Waals surface area contributed by atoms with Gasteiger partial charge in [-0.25, -0.2) is 0 Å². The molecule has 0 saturated heterocycles. The van der Waals surface area contributed by atoms with Crippen LogP contribution < -0.4 is 0 Å². The minimum atomic E-state index is -2.96. The Morgan fingerprint density at radius 1 is 0.889 bits per heavy atom. The smallest absolute Gasteiger partial charge is 0.330 e. The second kappa shape index (κ2) is 23.9. The fourth-order valence-electron chi connectivity index (χ4n) is 5.62. The van der Waals surface area contributed by atoms with Gasteiger partial charge in [-0.05, 0) is 129 Å². The van der Waals surface area contributed by atoms with Crippen LogP contribution in [0.15, 0.2) is 72.0 Å². The first kappa shape index (κ1) is 42.6. The average molecular weight is 641 g/mol. The minimum absolute atomic E-state index is 0.411. The van der Waals surface area contributed by atoms with Gasteiger partial charge in [0.15, 0.2) is 0 Å². The summed E-state index contributed by atoms with van der Waals surface area (Å²) in [5, 5.41) is 0. The summed E-state index contributed by atoms with van der Waals surface area (Å²) >= 11 is 0. The Morgan fingerprint density at radius 3 is 2.02 bits per heavy atom. The van der Waals surface area contributed by atoms with E-state index in [0.717, 1.165) is 43.4 Å². The number of aryl methyl sites for hydroxylation is 3. The van der Waals surface area contributed by atoms with Crippen LogP contribution in [0, 0.1) is 19.8 Å². The summed E-state index contributed by atoms with van der Waals surface area (Å²) in [5.74, 6) is 1.41. The first-order chi connectivity index (χ1) is 21.7. The zero-order valence-corrected chi connectivity index (χ0v) is 31.7. The highest BCUT2D eigenvalue weighted by atomic mass is 31.2. The van der Waals surface area contributed by atoms with Crippen LogP contribution in [-0.4, -0.2) is 19.4 Å². The van der Waals surface area contributed by atoms with E-state index in [2.05, 4.69) is 82.8 Å². The van der Waals surface area contributed by atoms with Crippen LogP contribution in [0.1, 0.15) is 117 Å². The van der Waals surface area contributed by atoms with E-state index < -0.39 is 7.60 Å². The predicted octanol–water partition coefficient (Wildman–Crippen LogP) is 13.0. The Balaban J connectivity index is 0.00000304. The maximum atomic E-state index is 12.7. The molecule has 254 valence electrons. The molecule has 45 heavy (non-hydrogen) atoms. The van der Waals surface area contributed by atoms with E-state index in [-0.39, 0.29) is 0 Å². The molecule has 1 fully saturated rings. The normalized spacial score (nSPS) is 15.8. The van der Waals surface area contributed by atoms with Crippen molar-refractivity contribution in [3.63, 3.8) is 0 Å². The standard InChI is InChI=1S/C34H47O4P.3C2H6/c1-8-31-18-25(4)19-33(31)22-28(7)36-24-30-15-13-16-32(23-30)34-26(5)20-29(21-27(34)6)14-11-12-17-39(35,37-9-2)38-10-3;3*1-2/h8,13,15-16,20-23,25H,7,9-12,14,17-19,24H2,1-6H3;3*1-2H3/b31-8-,33-22-;;;. The van der Waals surface area contributed by atoms with E-state index in [1.807, 2.05) is 55.4 Å². The van der Waals surface area contributed by atoms with Crippen LogP contribution in [0.2, 0.25) is 0 Å². The van der Waals surface area contributed by atoms with Crippen molar-refractivity contribution in [2.45, 2.75) is 122 Å². The highest BCUT2D eigenvalue weighted by Gasteiger charge is 2.22. The van der Waals surface area contributed by atoms with E-state index in [4.69, 9.17) is 13.8 Å². The van der Waals surface area contributed by atoms with Crippen molar-refractivity contribution in [3.8, 4) is 11.1 Å². The first-order valence-electron chi connectivity index (χ1n) is 17.4. The van der Waals surface area contributed by atoms with Gasteiger partial charge in [-0.2, -0.15) is 0 Å². The van der Waals surface area contributed by atoms with E-state index in [0.29, 0.717) is 31.9 Å². The summed E-state index contributed by atoms with van der Waals surface area (Å²) in [5.41, 5.74) is 10.2. The van der Waals surface area contributed by atoms with Crippen LogP contribution in [-0.2, 0) is 31.4 Å². The van der Waals surface area contributed by atoms with Crippen molar-refractivity contribution in [1.82, 2.24) is 0 Å². The van der Waals surface area contributed by atoms with E-state index >= 15 is 0 Å². The lowest BCUT2D eigenvalue weighted by Gasteiger charge is -2.17. The maximum Gasteiger partial charge on any atom is 0.330 e. The third-order valence-electron chi connectivity index (χ3n) is 7.26. The van der Waals surface area contributed by atoms with Gasteiger partial charge < -0.3 is 13.8 Å². The number of hydrogen-bond donors (Lipinski definition) is 0. The molecule has 4 nitrogen and oxygen atoms in total. The molecule has 5 heteroatoms. The molecule has 0 spiro atoms. The number of allylic oxidation sites excluding steroid dienone is 4. The van der Waals surface area contributed by atoms with Crippen molar-refractivity contribution in [1.29, 1.82) is 0 Å². The highest BCUT2D eigenvalue weighted by Crippen LogP contribution is 2.48. The number of hydrogen-bond acceptors (Lipinski definition) is 4. The SMILES string of the molecule is C=C(/C=C1/CC(C)C/C1=C/C)OCc1cccc(-c2c(C)cc(CCCCP(=O)(OCC)OCC)cc2C)c1.CC.CC.CC. The monoisotopic (exact) mass is 640 g/mol. The second-order valence-corrected chi connectivity index (χ2v) is 12.9. The summed E-state index contributed by atoms with van der Waals surface area (Å²) in [4.78, 5) is 0. The third kappa shape index (κ3) is 14.7. The Hall–Kier alpha value is -2.39. The molecular formula is C40H65O4P. The van der Waals surface area contributed by atoms with Gasteiger partial charge in [0.25, 0.3) is 0 Å². The molecule has 0 heterocycles. The molecular weight excluding hydrogens is 575 g/mol. The van der Waals surface area contributed by atoms with E-state index in [1.54, 1.807) is 0 Å². The maximum absolute atomic E-state index is 12.7. The lowest BCUT2D eigenvalue weighted by molar-refractivity contribution is 0.212. The van der Waals surface area contributed by atoms with Gasteiger partial charge in [0, 0.05) is 0 Å². The molecule has 0 bridgehead atoms. The number of benzene rings is 2. The molecule has 0 radical (unpaired) electrons. The Bertz CT molecular complexity index is 1210. The largest absolute Gasteiger partial charge is 0.490 e. The average Bonchev–Trinajstić information content (AvgIpc) is 3.40. The Morgan fingerprint density at radius 2 is 1.47 bits per heavy atom. The van der Waals surface area contributed by atoms with Crippen LogP contribution in [0.4, 0.5) is 0 Å². The topological polar surface area (TPSA) is 44.8 Å². The van der Waals surface area contributed by atoms with Crippen molar-refractivity contribution < 1.29 is 18.3 Å². The highest BCUT2D eigenvalue weighted by molar-refractivity contribution is 7.53. The lowest BCUT2D eigenvalue weighted by Crippen LogP contribution is -2.01. The molecule has 1 aliphatic carbocycles. The van der Waals surface area contributed by atoms with Crippen LogP contribution in [0.3, 0.4) is 0 Å². The molecule has 1 aliphatic rings. The summed E-state index contributed by atoms with van der Waals surface area (Å²) in [6.45, 7) is 30.0.